The first-order chi connectivity index (χ1) is 9.49. The molecule has 0 saturated heterocycles. The molecule has 20 heavy (non-hydrogen) atoms. The lowest BCUT2D eigenvalue weighted by Gasteiger charge is -2.10. The van der Waals surface area contributed by atoms with Crippen LogP contribution in [-0.4, -0.2) is 4.92 Å². The summed E-state index contributed by atoms with van der Waals surface area (Å²) in [6.07, 6.45) is 0. The van der Waals surface area contributed by atoms with Gasteiger partial charge in [-0.05, 0) is 40.0 Å². The van der Waals surface area contributed by atoms with Gasteiger partial charge in [0.2, 0.25) is 0 Å². The number of hydrogen-bond donors (Lipinski definition) is 1. The van der Waals surface area contributed by atoms with E-state index in [1.165, 1.54) is 6.07 Å². The molecule has 4 nitrogen and oxygen atoms in total. The summed E-state index contributed by atoms with van der Waals surface area (Å²) in [5.41, 5.74) is 2.12. The number of hydrogen-bond acceptors (Lipinski definition) is 3. The molecular weight excluding hydrogens is 327 g/mol. The van der Waals surface area contributed by atoms with Crippen molar-refractivity contribution in [2.45, 2.75) is 13.5 Å². The number of rotatable bonds is 4. The molecule has 2 aromatic rings. The molecule has 104 valence electrons. The van der Waals surface area contributed by atoms with Gasteiger partial charge >= 0.3 is 0 Å². The predicted octanol–water partition coefficient (Wildman–Crippen LogP) is 4.42. The number of nitrogens with zero attached hydrogens (tertiary/aromatic N) is 1. The predicted molar refractivity (Wildman–Crippen MR) is 79.3 cm³/mol. The summed E-state index contributed by atoms with van der Waals surface area (Å²) in [5, 5.41) is 13.9. The van der Waals surface area contributed by atoms with E-state index in [9.17, 15) is 14.5 Å². The number of anilines is 1. The van der Waals surface area contributed by atoms with E-state index in [1.807, 2.05) is 31.2 Å². The van der Waals surface area contributed by atoms with Gasteiger partial charge in [-0.1, -0.05) is 24.3 Å². The molecule has 0 spiro atoms. The van der Waals surface area contributed by atoms with Crippen LogP contribution in [0.25, 0.3) is 0 Å². The van der Waals surface area contributed by atoms with Crippen molar-refractivity contribution >= 4 is 27.3 Å². The fourth-order valence-electron chi connectivity index (χ4n) is 1.83. The molecule has 0 radical (unpaired) electrons. The molecule has 0 unspecified atom stereocenters. The average molecular weight is 339 g/mol. The molecule has 0 amide bonds. The zero-order valence-corrected chi connectivity index (χ0v) is 12.3. The Balaban J connectivity index is 2.27. The van der Waals surface area contributed by atoms with Gasteiger partial charge in [0.25, 0.3) is 5.69 Å². The number of halogens is 2. The van der Waals surface area contributed by atoms with Gasteiger partial charge in [-0.15, -0.1) is 0 Å². The van der Waals surface area contributed by atoms with Gasteiger partial charge in [-0.25, -0.2) is 4.39 Å². The third kappa shape index (κ3) is 3.14. The van der Waals surface area contributed by atoms with E-state index in [0.717, 1.165) is 17.2 Å². The molecule has 0 heterocycles. The Labute approximate surface area is 123 Å². The van der Waals surface area contributed by atoms with Gasteiger partial charge in [-0.2, -0.15) is 0 Å². The zero-order chi connectivity index (χ0) is 14.7. The van der Waals surface area contributed by atoms with Crippen LogP contribution in [0.1, 0.15) is 11.1 Å². The van der Waals surface area contributed by atoms with Crippen LogP contribution in [0.5, 0.6) is 0 Å². The lowest BCUT2D eigenvalue weighted by Crippen LogP contribution is -2.04. The molecule has 2 rings (SSSR count). The Bertz CT molecular complexity index is 662. The fourth-order valence-corrected chi connectivity index (χ4v) is 2.17. The van der Waals surface area contributed by atoms with E-state index in [2.05, 4.69) is 21.2 Å². The Morgan fingerprint density at radius 3 is 2.70 bits per heavy atom. The molecule has 0 aliphatic heterocycles. The number of aryl methyl sites for hydroxylation is 1. The second kappa shape index (κ2) is 6.00. The second-order valence-corrected chi connectivity index (χ2v) is 5.17. The molecule has 0 atom stereocenters. The van der Waals surface area contributed by atoms with E-state index in [1.54, 1.807) is 0 Å². The van der Waals surface area contributed by atoms with Gasteiger partial charge in [0.1, 0.15) is 11.5 Å². The van der Waals surface area contributed by atoms with Crippen LogP contribution in [0.4, 0.5) is 15.8 Å². The largest absolute Gasteiger partial charge is 0.375 e. The minimum atomic E-state index is -0.654. The van der Waals surface area contributed by atoms with E-state index in [0.29, 0.717) is 6.54 Å². The van der Waals surface area contributed by atoms with E-state index < -0.39 is 10.7 Å². The molecule has 2 aromatic carbocycles. The lowest BCUT2D eigenvalue weighted by atomic mass is 10.1. The third-order valence-corrected chi connectivity index (χ3v) is 3.57. The Hall–Kier alpha value is -1.95. The van der Waals surface area contributed by atoms with Crippen molar-refractivity contribution < 1.29 is 9.31 Å². The first-order valence-electron chi connectivity index (χ1n) is 5.91. The molecular formula is C14H12BrFN2O2. The molecule has 0 bridgehead atoms. The number of nitro benzene ring substituents is 1. The van der Waals surface area contributed by atoms with E-state index in [4.69, 9.17) is 0 Å². The molecule has 6 heteroatoms. The topological polar surface area (TPSA) is 55.2 Å². The highest BCUT2D eigenvalue weighted by molar-refractivity contribution is 9.10. The van der Waals surface area contributed by atoms with Crippen molar-refractivity contribution in [1.82, 2.24) is 0 Å². The second-order valence-electron chi connectivity index (χ2n) is 4.32. The fraction of sp³-hybridized carbons (Fsp3) is 0.143. The van der Waals surface area contributed by atoms with Crippen LogP contribution in [0.2, 0.25) is 0 Å². The summed E-state index contributed by atoms with van der Waals surface area (Å²) in [6, 6.07) is 10.0. The summed E-state index contributed by atoms with van der Waals surface area (Å²) in [5.74, 6) is -0.654. The van der Waals surface area contributed by atoms with Crippen molar-refractivity contribution in [3.8, 4) is 0 Å². The minimum absolute atomic E-state index is 0.190. The molecule has 0 saturated carbocycles. The summed E-state index contributed by atoms with van der Waals surface area (Å²) in [6.45, 7) is 2.40. The van der Waals surface area contributed by atoms with Crippen LogP contribution >= 0.6 is 15.9 Å². The zero-order valence-electron chi connectivity index (χ0n) is 10.7. The van der Waals surface area contributed by atoms with Crippen LogP contribution in [0, 0.1) is 22.9 Å². The standard InChI is InChI=1S/C14H12BrFN2O2/c1-9-4-2-3-5-10(9)8-17-13-6-11(15)12(16)7-14(13)18(19)20/h2-7,17H,8H2,1H3. The maximum atomic E-state index is 13.4. The maximum absolute atomic E-state index is 13.4. The van der Waals surface area contributed by atoms with E-state index in [-0.39, 0.29) is 15.8 Å². The summed E-state index contributed by atoms with van der Waals surface area (Å²) < 4.78 is 13.6. The smallest absolute Gasteiger partial charge is 0.295 e. The van der Waals surface area contributed by atoms with Crippen molar-refractivity contribution in [2.75, 3.05) is 5.32 Å². The highest BCUT2D eigenvalue weighted by atomic mass is 79.9. The van der Waals surface area contributed by atoms with Gasteiger partial charge in [0, 0.05) is 6.54 Å². The monoisotopic (exact) mass is 338 g/mol. The quantitative estimate of drug-likeness (QED) is 0.663. The van der Waals surface area contributed by atoms with Gasteiger partial charge < -0.3 is 5.32 Å². The molecule has 0 fully saturated rings. The average Bonchev–Trinajstić information content (AvgIpc) is 2.41. The lowest BCUT2D eigenvalue weighted by molar-refractivity contribution is -0.384. The number of nitrogens with one attached hydrogen (secondary N) is 1. The Kier molecular flexibility index (Phi) is 4.34. The first kappa shape index (κ1) is 14.5. The molecule has 0 aliphatic rings. The highest BCUT2D eigenvalue weighted by Gasteiger charge is 2.17. The van der Waals surface area contributed by atoms with Crippen LogP contribution in [-0.2, 0) is 6.54 Å². The summed E-state index contributed by atoms with van der Waals surface area (Å²) >= 11 is 3.03. The normalized spacial score (nSPS) is 10.3. The van der Waals surface area contributed by atoms with Crippen molar-refractivity contribution in [2.24, 2.45) is 0 Å². The van der Waals surface area contributed by atoms with Crippen molar-refractivity contribution in [3.63, 3.8) is 0 Å². The Morgan fingerprint density at radius 1 is 1.35 bits per heavy atom. The van der Waals surface area contributed by atoms with Gasteiger partial charge in [0.05, 0.1) is 15.5 Å². The van der Waals surface area contributed by atoms with Crippen LogP contribution < -0.4 is 5.32 Å². The van der Waals surface area contributed by atoms with Gasteiger partial charge in [0.15, 0.2) is 0 Å². The first-order valence-corrected chi connectivity index (χ1v) is 6.70. The van der Waals surface area contributed by atoms with Crippen LogP contribution in [0.3, 0.4) is 0 Å². The SMILES string of the molecule is Cc1ccccc1CNc1cc(Br)c(F)cc1[N+](=O)[O-]. The molecule has 0 aliphatic carbocycles. The highest BCUT2D eigenvalue weighted by Crippen LogP contribution is 2.31. The van der Waals surface area contributed by atoms with Crippen LogP contribution in [0.15, 0.2) is 40.9 Å². The molecule has 1 N–H and O–H groups in total. The maximum Gasteiger partial charge on any atom is 0.295 e. The number of nitro groups is 1. The number of benzene rings is 2. The van der Waals surface area contributed by atoms with E-state index >= 15 is 0 Å². The minimum Gasteiger partial charge on any atom is -0.375 e. The third-order valence-electron chi connectivity index (χ3n) is 2.97. The molecule has 0 aromatic heterocycles. The Morgan fingerprint density at radius 2 is 2.05 bits per heavy atom. The van der Waals surface area contributed by atoms with Crippen molar-refractivity contribution in [3.05, 3.63) is 67.9 Å². The summed E-state index contributed by atoms with van der Waals surface area (Å²) in [4.78, 5) is 10.3. The van der Waals surface area contributed by atoms with Crippen molar-refractivity contribution in [1.29, 1.82) is 0 Å². The van der Waals surface area contributed by atoms with Gasteiger partial charge in [-0.3, -0.25) is 10.1 Å². The summed E-state index contributed by atoms with van der Waals surface area (Å²) in [7, 11) is 0.